The monoisotopic (exact) mass is 436 g/mol. The van der Waals surface area contributed by atoms with E-state index in [0.717, 1.165) is 32.2 Å². The lowest BCUT2D eigenvalue weighted by Crippen LogP contribution is -2.32. The van der Waals surface area contributed by atoms with Crippen LogP contribution in [0, 0.1) is 5.82 Å². The number of aryl methyl sites for hydroxylation is 2. The van der Waals surface area contributed by atoms with Crippen LogP contribution >= 0.6 is 0 Å². The van der Waals surface area contributed by atoms with E-state index in [0.29, 0.717) is 24.1 Å². The van der Waals surface area contributed by atoms with Gasteiger partial charge < -0.3 is 14.9 Å². The molecule has 2 aliphatic rings. The van der Waals surface area contributed by atoms with Crippen LogP contribution in [0.2, 0.25) is 0 Å². The maximum atomic E-state index is 13.6. The third kappa shape index (κ3) is 4.32. The Kier molecular flexibility index (Phi) is 6.42. The minimum atomic E-state index is -0.742. The summed E-state index contributed by atoms with van der Waals surface area (Å²) in [5.41, 5.74) is 3.67. The van der Waals surface area contributed by atoms with Crippen LogP contribution in [-0.2, 0) is 22.4 Å². The van der Waals surface area contributed by atoms with Gasteiger partial charge >= 0.3 is 0 Å². The van der Waals surface area contributed by atoms with Crippen molar-refractivity contribution < 1.29 is 19.1 Å². The minimum Gasteiger partial charge on any atom is -0.507 e. The van der Waals surface area contributed by atoms with Crippen LogP contribution in [-0.4, -0.2) is 53.8 Å². The Morgan fingerprint density at radius 1 is 1.06 bits per heavy atom. The molecule has 0 radical (unpaired) electrons. The summed E-state index contributed by atoms with van der Waals surface area (Å²) < 4.78 is 13.6. The van der Waals surface area contributed by atoms with E-state index in [1.165, 1.54) is 28.2 Å². The Morgan fingerprint density at radius 2 is 1.75 bits per heavy atom. The number of Topliss-reactive ketones (excluding diaryl/α,β-unsaturated/α-hetero) is 1. The molecule has 2 aromatic rings. The summed E-state index contributed by atoms with van der Waals surface area (Å²) in [6.07, 6.45) is 4.89. The maximum absolute atomic E-state index is 13.6. The van der Waals surface area contributed by atoms with Crippen LogP contribution in [0.4, 0.5) is 4.39 Å². The number of nitrogens with zero attached hydrogens (tertiary/aromatic N) is 2. The van der Waals surface area contributed by atoms with Crippen LogP contribution in [0.15, 0.2) is 48.0 Å². The third-order valence-corrected chi connectivity index (χ3v) is 6.35. The number of hydrogen-bond donors (Lipinski definition) is 1. The average Bonchev–Trinajstić information content (AvgIpc) is 3.03. The zero-order valence-electron chi connectivity index (χ0n) is 18.6. The van der Waals surface area contributed by atoms with Gasteiger partial charge in [0, 0.05) is 12.1 Å². The SMILES string of the molecule is CN(C)CCCN1C(=O)C(=O)/C(=C(\O)c2ccc3c(c2)CCCC3)C1c1ccc(F)cc1. The predicted octanol–water partition coefficient (Wildman–Crippen LogP) is 4.08. The van der Waals surface area contributed by atoms with Crippen molar-refractivity contribution in [3.63, 3.8) is 0 Å². The normalized spacial score (nSPS) is 20.1. The topological polar surface area (TPSA) is 60.9 Å². The first-order chi connectivity index (χ1) is 15.4. The molecule has 4 rings (SSSR count). The molecule has 0 aromatic heterocycles. The van der Waals surface area contributed by atoms with Crippen LogP contribution in [0.5, 0.6) is 0 Å². The molecule has 0 saturated carbocycles. The van der Waals surface area contributed by atoms with Crippen LogP contribution in [0.1, 0.15) is 47.6 Å². The summed E-state index contributed by atoms with van der Waals surface area (Å²) in [5, 5.41) is 11.2. The fraction of sp³-hybridized carbons (Fsp3) is 0.385. The lowest BCUT2D eigenvalue weighted by molar-refractivity contribution is -0.139. The molecule has 6 heteroatoms. The number of likely N-dealkylation sites (tertiary alicyclic amines) is 1. The highest BCUT2D eigenvalue weighted by Crippen LogP contribution is 2.40. The van der Waals surface area contributed by atoms with E-state index in [-0.39, 0.29) is 11.3 Å². The van der Waals surface area contributed by atoms with E-state index in [2.05, 4.69) is 0 Å². The molecule has 1 fully saturated rings. The molecule has 168 valence electrons. The van der Waals surface area contributed by atoms with Gasteiger partial charge in [-0.25, -0.2) is 4.39 Å². The largest absolute Gasteiger partial charge is 0.507 e. The second kappa shape index (κ2) is 9.25. The van der Waals surface area contributed by atoms with E-state index in [1.54, 1.807) is 12.1 Å². The Labute approximate surface area is 188 Å². The number of carbonyl (C=O) groups is 2. The average molecular weight is 437 g/mol. The quantitative estimate of drug-likeness (QED) is 0.421. The second-order valence-electron chi connectivity index (χ2n) is 8.89. The highest BCUT2D eigenvalue weighted by atomic mass is 19.1. The summed E-state index contributed by atoms with van der Waals surface area (Å²) in [5.74, 6) is -1.88. The van der Waals surface area contributed by atoms with E-state index < -0.39 is 23.5 Å². The molecule has 0 spiro atoms. The molecule has 2 aromatic carbocycles. The number of rotatable bonds is 6. The first-order valence-electron chi connectivity index (χ1n) is 11.2. The molecule has 1 unspecified atom stereocenters. The van der Waals surface area contributed by atoms with Gasteiger partial charge in [0.1, 0.15) is 11.6 Å². The summed E-state index contributed by atoms with van der Waals surface area (Å²) in [6.45, 7) is 1.12. The van der Waals surface area contributed by atoms with Gasteiger partial charge in [0.25, 0.3) is 11.7 Å². The number of amides is 1. The lowest BCUT2D eigenvalue weighted by atomic mass is 9.88. The van der Waals surface area contributed by atoms with Gasteiger partial charge in [0.05, 0.1) is 11.6 Å². The second-order valence-corrected chi connectivity index (χ2v) is 8.89. The van der Waals surface area contributed by atoms with E-state index in [9.17, 15) is 19.1 Å². The minimum absolute atomic E-state index is 0.0715. The zero-order chi connectivity index (χ0) is 22.8. The van der Waals surface area contributed by atoms with Crippen molar-refractivity contribution in [3.8, 4) is 0 Å². The summed E-state index contributed by atoms with van der Waals surface area (Å²) in [6, 6.07) is 10.8. The molecule has 1 aliphatic heterocycles. The molecule has 5 nitrogen and oxygen atoms in total. The molecule has 1 N–H and O–H groups in total. The van der Waals surface area contributed by atoms with Crippen molar-refractivity contribution in [3.05, 3.63) is 76.1 Å². The molecular weight excluding hydrogens is 407 g/mol. The number of carbonyl (C=O) groups excluding carboxylic acids is 2. The highest BCUT2D eigenvalue weighted by molar-refractivity contribution is 6.46. The van der Waals surface area contributed by atoms with Crippen molar-refractivity contribution >= 4 is 17.4 Å². The van der Waals surface area contributed by atoms with Crippen LogP contribution in [0.3, 0.4) is 0 Å². The molecule has 1 amide bonds. The van der Waals surface area contributed by atoms with E-state index in [4.69, 9.17) is 0 Å². The van der Waals surface area contributed by atoms with Crippen molar-refractivity contribution in [1.82, 2.24) is 9.80 Å². The van der Waals surface area contributed by atoms with Crippen molar-refractivity contribution in [2.45, 2.75) is 38.1 Å². The van der Waals surface area contributed by atoms with Gasteiger partial charge in [-0.15, -0.1) is 0 Å². The molecule has 1 heterocycles. The lowest BCUT2D eigenvalue weighted by Gasteiger charge is -2.26. The molecular formula is C26H29FN2O3. The number of benzene rings is 2. The van der Waals surface area contributed by atoms with Gasteiger partial charge in [-0.05, 0) is 87.6 Å². The van der Waals surface area contributed by atoms with Crippen molar-refractivity contribution in [2.24, 2.45) is 0 Å². The standard InChI is InChI=1S/C26H29FN2O3/c1-28(2)14-5-15-29-23(18-10-12-21(27)13-11-18)22(25(31)26(29)32)24(30)20-9-8-17-6-3-4-7-19(17)16-20/h8-13,16,23,30H,3-7,14-15H2,1-2H3/b24-22-. The summed E-state index contributed by atoms with van der Waals surface area (Å²) >= 11 is 0. The van der Waals surface area contributed by atoms with Gasteiger partial charge in [-0.1, -0.05) is 24.3 Å². The molecule has 1 saturated heterocycles. The molecule has 1 atom stereocenters. The van der Waals surface area contributed by atoms with E-state index in [1.807, 2.05) is 37.2 Å². The summed E-state index contributed by atoms with van der Waals surface area (Å²) in [4.78, 5) is 29.5. The first-order valence-corrected chi connectivity index (χ1v) is 11.2. The Bertz CT molecular complexity index is 1060. The fourth-order valence-corrected chi connectivity index (χ4v) is 4.70. The fourth-order valence-electron chi connectivity index (χ4n) is 4.70. The zero-order valence-corrected chi connectivity index (χ0v) is 18.6. The maximum Gasteiger partial charge on any atom is 0.295 e. The van der Waals surface area contributed by atoms with Gasteiger partial charge in [0.2, 0.25) is 0 Å². The van der Waals surface area contributed by atoms with Crippen LogP contribution < -0.4 is 0 Å². The number of aliphatic hydroxyl groups excluding tert-OH is 1. The Morgan fingerprint density at radius 3 is 2.44 bits per heavy atom. The molecule has 1 aliphatic carbocycles. The number of hydrogen-bond acceptors (Lipinski definition) is 4. The van der Waals surface area contributed by atoms with Crippen LogP contribution in [0.25, 0.3) is 5.76 Å². The Balaban J connectivity index is 1.77. The Hall–Kier alpha value is -2.99. The number of aliphatic hydroxyl groups is 1. The number of halogens is 1. The van der Waals surface area contributed by atoms with Gasteiger partial charge in [-0.2, -0.15) is 0 Å². The third-order valence-electron chi connectivity index (χ3n) is 6.35. The summed E-state index contributed by atoms with van der Waals surface area (Å²) in [7, 11) is 3.89. The van der Waals surface area contributed by atoms with E-state index >= 15 is 0 Å². The molecule has 0 bridgehead atoms. The molecule has 32 heavy (non-hydrogen) atoms. The van der Waals surface area contributed by atoms with Gasteiger partial charge in [0.15, 0.2) is 0 Å². The first kappa shape index (κ1) is 22.2. The number of ketones is 1. The predicted molar refractivity (Wildman–Crippen MR) is 122 cm³/mol. The van der Waals surface area contributed by atoms with Crippen molar-refractivity contribution in [1.29, 1.82) is 0 Å². The highest BCUT2D eigenvalue weighted by Gasteiger charge is 2.45. The van der Waals surface area contributed by atoms with Gasteiger partial charge in [-0.3, -0.25) is 9.59 Å². The smallest absolute Gasteiger partial charge is 0.295 e. The van der Waals surface area contributed by atoms with Crippen molar-refractivity contribution in [2.75, 3.05) is 27.2 Å². The number of fused-ring (bicyclic) bond motifs is 1.